The van der Waals surface area contributed by atoms with E-state index in [-0.39, 0.29) is 11.3 Å². The van der Waals surface area contributed by atoms with Crippen LogP contribution in [-0.4, -0.2) is 24.6 Å². The molecule has 0 atom stereocenters. The lowest BCUT2D eigenvalue weighted by molar-refractivity contribution is 0.0954. The first-order valence-corrected chi connectivity index (χ1v) is 9.19. The summed E-state index contributed by atoms with van der Waals surface area (Å²) in [5.74, 6) is 0.905. The molecule has 0 aliphatic carbocycles. The SMILES string of the molecule is CCOc1c(Cl)cc(CNC(=O)c2cnc(C(C)(C)C)s2)cc1OC. The zero-order valence-electron chi connectivity index (χ0n) is 15.1. The van der Waals surface area contributed by atoms with Gasteiger partial charge in [-0.25, -0.2) is 4.98 Å². The number of carbonyl (C=O) groups is 1. The fourth-order valence-corrected chi connectivity index (χ4v) is 3.33. The highest BCUT2D eigenvalue weighted by atomic mass is 35.5. The van der Waals surface area contributed by atoms with Crippen LogP contribution in [0.4, 0.5) is 0 Å². The van der Waals surface area contributed by atoms with Crippen molar-refractivity contribution in [2.45, 2.75) is 39.7 Å². The highest BCUT2D eigenvalue weighted by Gasteiger charge is 2.20. The summed E-state index contributed by atoms with van der Waals surface area (Å²) < 4.78 is 10.8. The molecule has 1 aromatic heterocycles. The molecule has 1 N–H and O–H groups in total. The van der Waals surface area contributed by atoms with Gasteiger partial charge in [-0.1, -0.05) is 32.4 Å². The minimum atomic E-state index is -0.156. The molecule has 7 heteroatoms. The largest absolute Gasteiger partial charge is 0.493 e. The number of thiazole rings is 1. The Bertz CT molecular complexity index is 753. The second-order valence-corrected chi connectivity index (χ2v) is 7.94. The quantitative estimate of drug-likeness (QED) is 0.802. The Morgan fingerprint density at radius 1 is 1.36 bits per heavy atom. The third kappa shape index (κ3) is 4.86. The number of amides is 1. The summed E-state index contributed by atoms with van der Waals surface area (Å²) in [4.78, 5) is 17.3. The van der Waals surface area contributed by atoms with E-state index in [4.69, 9.17) is 21.1 Å². The summed E-state index contributed by atoms with van der Waals surface area (Å²) in [6.45, 7) is 8.92. The number of ether oxygens (including phenoxy) is 2. The third-order valence-electron chi connectivity index (χ3n) is 3.40. The highest BCUT2D eigenvalue weighted by Crippen LogP contribution is 2.36. The van der Waals surface area contributed by atoms with Crippen LogP contribution in [0.25, 0.3) is 0 Å². The average Bonchev–Trinajstić information content (AvgIpc) is 3.05. The van der Waals surface area contributed by atoms with Crippen molar-refractivity contribution in [2.24, 2.45) is 0 Å². The van der Waals surface area contributed by atoms with Gasteiger partial charge in [0.05, 0.1) is 29.9 Å². The first-order valence-electron chi connectivity index (χ1n) is 8.00. The van der Waals surface area contributed by atoms with Gasteiger partial charge in [-0.3, -0.25) is 4.79 Å². The lowest BCUT2D eigenvalue weighted by Crippen LogP contribution is -2.21. The van der Waals surface area contributed by atoms with E-state index in [1.807, 2.05) is 13.0 Å². The maximum absolute atomic E-state index is 12.3. The van der Waals surface area contributed by atoms with Gasteiger partial charge in [0.1, 0.15) is 4.88 Å². The molecule has 1 amide bonds. The van der Waals surface area contributed by atoms with Gasteiger partial charge in [-0.05, 0) is 24.6 Å². The number of methoxy groups -OCH3 is 1. The van der Waals surface area contributed by atoms with Crippen molar-refractivity contribution in [3.8, 4) is 11.5 Å². The van der Waals surface area contributed by atoms with Gasteiger partial charge in [-0.15, -0.1) is 11.3 Å². The summed E-state index contributed by atoms with van der Waals surface area (Å²) >= 11 is 7.66. The molecular weight excluding hydrogens is 360 g/mol. The van der Waals surface area contributed by atoms with Crippen LogP contribution < -0.4 is 14.8 Å². The molecule has 25 heavy (non-hydrogen) atoms. The van der Waals surface area contributed by atoms with Crippen LogP contribution in [0.1, 0.15) is 47.9 Å². The van der Waals surface area contributed by atoms with Gasteiger partial charge in [0, 0.05) is 12.0 Å². The number of rotatable bonds is 6. The van der Waals surface area contributed by atoms with E-state index in [1.54, 1.807) is 19.4 Å². The number of nitrogens with one attached hydrogen (secondary N) is 1. The molecule has 0 spiro atoms. The van der Waals surface area contributed by atoms with E-state index >= 15 is 0 Å². The van der Waals surface area contributed by atoms with Crippen LogP contribution in [0.5, 0.6) is 11.5 Å². The van der Waals surface area contributed by atoms with E-state index in [2.05, 4.69) is 31.1 Å². The summed E-state index contributed by atoms with van der Waals surface area (Å²) in [5, 5.41) is 4.28. The van der Waals surface area contributed by atoms with Gasteiger partial charge in [-0.2, -0.15) is 0 Å². The Hall–Kier alpha value is -1.79. The van der Waals surface area contributed by atoms with E-state index in [1.165, 1.54) is 11.3 Å². The maximum Gasteiger partial charge on any atom is 0.263 e. The van der Waals surface area contributed by atoms with Crippen molar-refractivity contribution in [3.63, 3.8) is 0 Å². The topological polar surface area (TPSA) is 60.5 Å². The van der Waals surface area contributed by atoms with Crippen LogP contribution in [-0.2, 0) is 12.0 Å². The molecule has 0 radical (unpaired) electrons. The Morgan fingerprint density at radius 3 is 2.64 bits per heavy atom. The third-order valence-corrected chi connectivity index (χ3v) is 5.10. The molecule has 0 aliphatic rings. The second kappa shape index (κ2) is 8.06. The zero-order chi connectivity index (χ0) is 18.6. The molecule has 0 fully saturated rings. The lowest BCUT2D eigenvalue weighted by Gasteiger charge is -2.14. The van der Waals surface area contributed by atoms with Gasteiger partial charge >= 0.3 is 0 Å². The molecular formula is C18H23ClN2O3S. The lowest BCUT2D eigenvalue weighted by atomic mass is 9.98. The van der Waals surface area contributed by atoms with Gasteiger partial charge in [0.25, 0.3) is 5.91 Å². The van der Waals surface area contributed by atoms with Crippen LogP contribution in [0.15, 0.2) is 18.3 Å². The smallest absolute Gasteiger partial charge is 0.263 e. The molecule has 5 nitrogen and oxygen atoms in total. The minimum Gasteiger partial charge on any atom is -0.493 e. The fraction of sp³-hybridized carbons (Fsp3) is 0.444. The zero-order valence-corrected chi connectivity index (χ0v) is 16.7. The highest BCUT2D eigenvalue weighted by molar-refractivity contribution is 7.13. The summed E-state index contributed by atoms with van der Waals surface area (Å²) in [5.41, 5.74) is 0.762. The van der Waals surface area contributed by atoms with Crippen molar-refractivity contribution in [1.29, 1.82) is 0 Å². The Balaban J connectivity index is 2.09. The van der Waals surface area contributed by atoms with Crippen molar-refractivity contribution < 1.29 is 14.3 Å². The Labute approximate surface area is 157 Å². The molecule has 0 unspecified atom stereocenters. The van der Waals surface area contributed by atoms with Gasteiger partial charge in [0.15, 0.2) is 11.5 Å². The van der Waals surface area contributed by atoms with Crippen LogP contribution in [0.3, 0.4) is 0 Å². The Morgan fingerprint density at radius 2 is 2.08 bits per heavy atom. The standard InChI is InChI=1S/C18H23ClN2O3S/c1-6-24-15-12(19)7-11(8-13(15)23-5)9-20-16(22)14-10-21-17(25-14)18(2,3)4/h7-8,10H,6,9H2,1-5H3,(H,20,22). The van der Waals surface area contributed by atoms with Crippen LogP contribution in [0.2, 0.25) is 5.02 Å². The number of benzene rings is 1. The summed E-state index contributed by atoms with van der Waals surface area (Å²) in [6.07, 6.45) is 1.62. The summed E-state index contributed by atoms with van der Waals surface area (Å²) in [7, 11) is 1.56. The normalized spacial score (nSPS) is 11.3. The number of hydrogen-bond acceptors (Lipinski definition) is 5. The number of hydrogen-bond donors (Lipinski definition) is 1. The minimum absolute atomic E-state index is 0.0702. The molecule has 2 aromatic rings. The molecule has 0 saturated carbocycles. The van der Waals surface area contributed by atoms with Gasteiger partial charge in [0.2, 0.25) is 0 Å². The number of halogens is 1. The number of carbonyl (C=O) groups excluding carboxylic acids is 1. The van der Waals surface area contributed by atoms with Crippen molar-refractivity contribution in [3.05, 3.63) is 38.8 Å². The monoisotopic (exact) mass is 382 g/mol. The first kappa shape index (κ1) is 19.5. The molecule has 0 bridgehead atoms. The number of nitrogens with zero attached hydrogens (tertiary/aromatic N) is 1. The molecule has 1 aromatic carbocycles. The summed E-state index contributed by atoms with van der Waals surface area (Å²) in [6, 6.07) is 3.58. The predicted octanol–water partition coefficient (Wildman–Crippen LogP) is 4.43. The molecule has 0 aliphatic heterocycles. The molecule has 136 valence electrons. The van der Waals surface area contributed by atoms with Crippen molar-refractivity contribution >= 4 is 28.8 Å². The fourth-order valence-electron chi connectivity index (χ4n) is 2.15. The van der Waals surface area contributed by atoms with Crippen LogP contribution in [0, 0.1) is 0 Å². The molecule has 2 rings (SSSR count). The predicted molar refractivity (Wildman–Crippen MR) is 101 cm³/mol. The first-order chi connectivity index (χ1) is 11.8. The maximum atomic E-state index is 12.3. The second-order valence-electron chi connectivity index (χ2n) is 6.50. The Kier molecular flexibility index (Phi) is 6.30. The van der Waals surface area contributed by atoms with Crippen LogP contribution >= 0.6 is 22.9 Å². The van der Waals surface area contributed by atoms with E-state index < -0.39 is 0 Å². The van der Waals surface area contributed by atoms with E-state index in [0.29, 0.717) is 34.6 Å². The molecule has 1 heterocycles. The average molecular weight is 383 g/mol. The van der Waals surface area contributed by atoms with Crippen molar-refractivity contribution in [2.75, 3.05) is 13.7 Å². The van der Waals surface area contributed by atoms with E-state index in [9.17, 15) is 4.79 Å². The molecule has 0 saturated heterocycles. The number of aromatic nitrogens is 1. The van der Waals surface area contributed by atoms with E-state index in [0.717, 1.165) is 10.6 Å². The van der Waals surface area contributed by atoms with Crippen molar-refractivity contribution in [1.82, 2.24) is 10.3 Å². The van der Waals surface area contributed by atoms with Gasteiger partial charge < -0.3 is 14.8 Å².